The number of anilines is 3. The van der Waals surface area contributed by atoms with Crippen LogP contribution in [0.5, 0.6) is 0 Å². The zero-order valence-corrected chi connectivity index (χ0v) is 13.6. The molecule has 2 aromatic rings. The van der Waals surface area contributed by atoms with E-state index in [1.165, 1.54) is 12.4 Å². The number of nitrogens with zero attached hydrogens (tertiary/aromatic N) is 3. The first-order chi connectivity index (χ1) is 11.2. The first kappa shape index (κ1) is 15.8. The molecule has 1 saturated heterocycles. The Morgan fingerprint density at radius 1 is 1.22 bits per heavy atom. The summed E-state index contributed by atoms with van der Waals surface area (Å²) in [6.45, 7) is 1.66. The van der Waals surface area contributed by atoms with Crippen LogP contribution >= 0.6 is 11.6 Å². The highest BCUT2D eigenvalue weighted by atomic mass is 35.5. The van der Waals surface area contributed by atoms with Gasteiger partial charge in [0.2, 0.25) is 0 Å². The van der Waals surface area contributed by atoms with Gasteiger partial charge in [-0.05, 0) is 25.0 Å². The number of nitrogens with one attached hydrogen (secondary N) is 2. The van der Waals surface area contributed by atoms with Crippen LogP contribution in [0.1, 0.15) is 12.8 Å². The van der Waals surface area contributed by atoms with E-state index in [2.05, 4.69) is 25.5 Å². The predicted molar refractivity (Wildman–Crippen MR) is 91.8 cm³/mol. The molecule has 0 aliphatic carbocycles. The number of para-hydroxylation sites is 1. The van der Waals surface area contributed by atoms with E-state index in [4.69, 9.17) is 11.6 Å². The summed E-state index contributed by atoms with van der Waals surface area (Å²) in [6.07, 6.45) is 3.28. The Morgan fingerprint density at radius 3 is 2.65 bits per heavy atom. The summed E-state index contributed by atoms with van der Waals surface area (Å²) in [4.78, 5) is 10.5. The predicted octanol–water partition coefficient (Wildman–Crippen LogP) is 3.39. The molecule has 3 rings (SSSR count). The number of hydrogen-bond donors (Lipinski definition) is 2. The maximum atomic E-state index is 13.7. The lowest BCUT2D eigenvalue weighted by Crippen LogP contribution is -2.40. The van der Waals surface area contributed by atoms with Crippen molar-refractivity contribution >= 4 is 28.8 Å². The van der Waals surface area contributed by atoms with Gasteiger partial charge in [0.05, 0.1) is 5.69 Å². The van der Waals surface area contributed by atoms with E-state index in [-0.39, 0.29) is 11.9 Å². The van der Waals surface area contributed by atoms with E-state index >= 15 is 0 Å². The molecule has 0 spiro atoms. The van der Waals surface area contributed by atoms with Crippen LogP contribution in [-0.2, 0) is 0 Å². The molecule has 0 radical (unpaired) electrons. The molecule has 1 aromatic carbocycles. The lowest BCUT2D eigenvalue weighted by molar-refractivity contribution is 0.519. The molecule has 0 amide bonds. The lowest BCUT2D eigenvalue weighted by Gasteiger charge is -2.34. The number of aromatic nitrogens is 2. The van der Waals surface area contributed by atoms with Crippen LogP contribution < -0.4 is 15.5 Å². The van der Waals surface area contributed by atoms with E-state index in [9.17, 15) is 4.39 Å². The molecular formula is C16H19ClFN5. The highest BCUT2D eigenvalue weighted by Gasteiger charge is 2.23. The van der Waals surface area contributed by atoms with E-state index in [1.807, 2.05) is 6.07 Å². The van der Waals surface area contributed by atoms with Crippen LogP contribution in [0.15, 0.2) is 30.6 Å². The fourth-order valence-electron chi connectivity index (χ4n) is 2.84. The second kappa shape index (κ2) is 7.00. The minimum atomic E-state index is -0.213. The third-order valence-electron chi connectivity index (χ3n) is 4.06. The number of rotatable bonds is 4. The minimum absolute atomic E-state index is 0.213. The average molecular weight is 336 g/mol. The molecule has 2 heterocycles. The van der Waals surface area contributed by atoms with E-state index in [0.717, 1.165) is 37.4 Å². The first-order valence-corrected chi connectivity index (χ1v) is 8.01. The number of piperidine rings is 1. The molecule has 0 atom stereocenters. The summed E-state index contributed by atoms with van der Waals surface area (Å²) in [6, 6.07) is 7.02. The summed E-state index contributed by atoms with van der Waals surface area (Å²) in [7, 11) is 1.81. The van der Waals surface area contributed by atoms with Gasteiger partial charge in [0, 0.05) is 26.2 Å². The Morgan fingerprint density at radius 2 is 1.96 bits per heavy atom. The van der Waals surface area contributed by atoms with Crippen molar-refractivity contribution in [1.82, 2.24) is 9.97 Å². The standard InChI is InChI=1S/C16H19ClFN5/c1-19-14-15(17)20-10-21-16(14)23-8-6-11(7-9-23)22-13-5-3-2-4-12(13)18/h2-5,10-11,19,22H,6-9H2,1H3. The Kier molecular flexibility index (Phi) is 4.81. The Bertz CT molecular complexity index is 673. The molecule has 1 aliphatic rings. The Hall–Kier alpha value is -2.08. The molecule has 7 heteroatoms. The molecule has 5 nitrogen and oxygen atoms in total. The summed E-state index contributed by atoms with van der Waals surface area (Å²) >= 11 is 6.11. The number of hydrogen-bond acceptors (Lipinski definition) is 5. The van der Waals surface area contributed by atoms with Crippen LogP contribution in [0, 0.1) is 5.82 Å². The highest BCUT2D eigenvalue weighted by molar-refractivity contribution is 6.32. The third-order valence-corrected chi connectivity index (χ3v) is 4.35. The van der Waals surface area contributed by atoms with Crippen LogP contribution in [0.2, 0.25) is 5.15 Å². The highest BCUT2D eigenvalue weighted by Crippen LogP contribution is 2.31. The SMILES string of the molecule is CNc1c(Cl)ncnc1N1CCC(Nc2ccccc2F)CC1. The fourth-order valence-corrected chi connectivity index (χ4v) is 3.07. The van der Waals surface area contributed by atoms with Crippen molar-refractivity contribution in [3.05, 3.63) is 41.6 Å². The van der Waals surface area contributed by atoms with Gasteiger partial charge >= 0.3 is 0 Å². The van der Waals surface area contributed by atoms with E-state index in [0.29, 0.717) is 10.8 Å². The van der Waals surface area contributed by atoms with Gasteiger partial charge in [0.15, 0.2) is 11.0 Å². The molecule has 2 N–H and O–H groups in total. The van der Waals surface area contributed by atoms with Crippen molar-refractivity contribution in [2.75, 3.05) is 35.7 Å². The molecular weight excluding hydrogens is 317 g/mol. The molecule has 0 bridgehead atoms. The molecule has 0 saturated carbocycles. The Balaban J connectivity index is 1.65. The second-order valence-corrected chi connectivity index (χ2v) is 5.86. The fraction of sp³-hybridized carbons (Fsp3) is 0.375. The Labute approximate surface area is 139 Å². The van der Waals surface area contributed by atoms with Gasteiger partial charge in [-0.3, -0.25) is 0 Å². The normalized spacial score (nSPS) is 15.5. The van der Waals surface area contributed by atoms with Gasteiger partial charge in [-0.15, -0.1) is 0 Å². The number of benzene rings is 1. The zero-order chi connectivity index (χ0) is 16.2. The summed E-state index contributed by atoms with van der Waals surface area (Å²) in [5.41, 5.74) is 1.31. The van der Waals surface area contributed by atoms with Crippen molar-refractivity contribution in [3.63, 3.8) is 0 Å². The smallest absolute Gasteiger partial charge is 0.157 e. The number of halogens is 2. The van der Waals surface area contributed by atoms with Gasteiger partial charge in [-0.25, -0.2) is 14.4 Å². The maximum Gasteiger partial charge on any atom is 0.157 e. The summed E-state index contributed by atoms with van der Waals surface area (Å²) in [5, 5.41) is 6.76. The van der Waals surface area contributed by atoms with Crippen molar-refractivity contribution in [2.45, 2.75) is 18.9 Å². The van der Waals surface area contributed by atoms with Crippen molar-refractivity contribution in [3.8, 4) is 0 Å². The molecule has 23 heavy (non-hydrogen) atoms. The zero-order valence-electron chi connectivity index (χ0n) is 12.9. The average Bonchev–Trinajstić information content (AvgIpc) is 2.57. The summed E-state index contributed by atoms with van der Waals surface area (Å²) in [5.74, 6) is 0.604. The van der Waals surface area contributed by atoms with Crippen LogP contribution in [0.3, 0.4) is 0 Å². The minimum Gasteiger partial charge on any atom is -0.383 e. The van der Waals surface area contributed by atoms with E-state index in [1.54, 1.807) is 19.2 Å². The topological polar surface area (TPSA) is 53.1 Å². The van der Waals surface area contributed by atoms with Crippen LogP contribution in [0.25, 0.3) is 0 Å². The molecule has 0 unspecified atom stereocenters. The molecule has 1 aromatic heterocycles. The van der Waals surface area contributed by atoms with Gasteiger partial charge in [0.25, 0.3) is 0 Å². The third kappa shape index (κ3) is 3.47. The van der Waals surface area contributed by atoms with Crippen LogP contribution in [-0.4, -0.2) is 36.1 Å². The van der Waals surface area contributed by atoms with Gasteiger partial charge in [0.1, 0.15) is 17.8 Å². The van der Waals surface area contributed by atoms with Crippen molar-refractivity contribution in [1.29, 1.82) is 0 Å². The monoisotopic (exact) mass is 335 g/mol. The molecule has 1 aliphatic heterocycles. The van der Waals surface area contributed by atoms with Crippen LogP contribution in [0.4, 0.5) is 21.6 Å². The van der Waals surface area contributed by atoms with Gasteiger partial charge in [-0.1, -0.05) is 23.7 Å². The summed E-state index contributed by atoms with van der Waals surface area (Å²) < 4.78 is 13.7. The molecule has 1 fully saturated rings. The van der Waals surface area contributed by atoms with E-state index < -0.39 is 0 Å². The van der Waals surface area contributed by atoms with Crippen molar-refractivity contribution in [2.24, 2.45) is 0 Å². The largest absolute Gasteiger partial charge is 0.383 e. The van der Waals surface area contributed by atoms with Crippen molar-refractivity contribution < 1.29 is 4.39 Å². The van der Waals surface area contributed by atoms with Gasteiger partial charge in [-0.2, -0.15) is 0 Å². The first-order valence-electron chi connectivity index (χ1n) is 7.63. The molecule has 122 valence electrons. The quantitative estimate of drug-likeness (QED) is 0.839. The van der Waals surface area contributed by atoms with Gasteiger partial charge < -0.3 is 15.5 Å². The maximum absolute atomic E-state index is 13.7. The second-order valence-electron chi connectivity index (χ2n) is 5.50. The lowest BCUT2D eigenvalue weighted by atomic mass is 10.0.